The van der Waals surface area contributed by atoms with Crippen LogP contribution in [0.3, 0.4) is 0 Å². The Morgan fingerprint density at radius 1 is 0.929 bits per heavy atom. The van der Waals surface area contributed by atoms with Gasteiger partial charge in [-0.2, -0.15) is 0 Å². The molecule has 1 fully saturated rings. The topological polar surface area (TPSA) is 88.5 Å². The fraction of sp³-hybridized carbons (Fsp3) is 0.200. The van der Waals surface area contributed by atoms with Crippen molar-refractivity contribution in [1.82, 2.24) is 19.9 Å². The molecule has 5 rings (SSSR count). The van der Waals surface area contributed by atoms with Crippen LogP contribution in [0.5, 0.6) is 0 Å². The molecule has 2 aliphatic heterocycles. The number of rotatable bonds is 5. The number of fused-ring (bicyclic) bond motifs is 1. The third-order valence-electron chi connectivity index (χ3n) is 5.85. The fourth-order valence-electron chi connectivity index (χ4n) is 3.85. The van der Waals surface area contributed by atoms with Crippen LogP contribution in [0.2, 0.25) is 0 Å². The van der Waals surface area contributed by atoms with Gasteiger partial charge in [0.15, 0.2) is 17.5 Å². The summed E-state index contributed by atoms with van der Waals surface area (Å²) in [6, 6.07) is 14.0. The number of alkyl halides is 6. The van der Waals surface area contributed by atoms with E-state index in [0.717, 1.165) is 15.6 Å². The van der Waals surface area contributed by atoms with Gasteiger partial charge in [0.1, 0.15) is 15.8 Å². The first kappa shape index (κ1) is 31.9. The van der Waals surface area contributed by atoms with Crippen molar-refractivity contribution in [3.8, 4) is 11.4 Å². The van der Waals surface area contributed by atoms with E-state index in [2.05, 4.69) is 15.0 Å². The van der Waals surface area contributed by atoms with Gasteiger partial charge in [-0.1, -0.05) is 130 Å². The number of thioether (sulfide) groups is 2. The lowest BCUT2D eigenvalue weighted by atomic mass is 10.1. The van der Waals surface area contributed by atoms with Gasteiger partial charge in [-0.3, -0.25) is 9.69 Å². The summed E-state index contributed by atoms with van der Waals surface area (Å²) in [6.45, 7) is 0.0442. The van der Waals surface area contributed by atoms with Crippen molar-refractivity contribution < 1.29 is 14.3 Å². The molecule has 0 radical (unpaired) electrons. The molecule has 2 aromatic carbocycles. The zero-order valence-corrected chi connectivity index (χ0v) is 28.0. The van der Waals surface area contributed by atoms with Crippen molar-refractivity contribution in [3.63, 3.8) is 0 Å². The minimum absolute atomic E-state index is 0.0604. The maximum absolute atomic E-state index is 13.2. The number of aromatic nitrogens is 3. The lowest BCUT2D eigenvalue weighted by Crippen LogP contribution is -2.32. The highest BCUT2D eigenvalue weighted by atomic mass is 35.6. The fourth-order valence-corrected chi connectivity index (χ4v) is 6.99. The Labute approximate surface area is 284 Å². The van der Waals surface area contributed by atoms with Crippen LogP contribution < -0.4 is 4.90 Å². The molecule has 0 N–H and O–H groups in total. The van der Waals surface area contributed by atoms with E-state index in [-0.39, 0.29) is 42.1 Å². The van der Waals surface area contributed by atoms with E-state index in [4.69, 9.17) is 86.6 Å². The lowest BCUT2D eigenvalue weighted by molar-refractivity contribution is -0.122. The summed E-state index contributed by atoms with van der Waals surface area (Å²) in [4.78, 5) is 43.2. The van der Waals surface area contributed by atoms with Crippen molar-refractivity contribution >= 4 is 127 Å². The Bertz CT molecular complexity index is 1600. The lowest BCUT2D eigenvalue weighted by Gasteiger charge is -2.16. The van der Waals surface area contributed by atoms with Crippen LogP contribution >= 0.6 is 105 Å². The number of amides is 1. The smallest absolute Gasteiger partial charge is 0.338 e. The minimum atomic E-state index is -2.00. The molecule has 8 nitrogen and oxygen atoms in total. The van der Waals surface area contributed by atoms with Crippen LogP contribution in [-0.2, 0) is 17.1 Å². The van der Waals surface area contributed by atoms with E-state index >= 15 is 0 Å². The van der Waals surface area contributed by atoms with Crippen molar-refractivity contribution in [3.05, 3.63) is 75.7 Å². The zero-order chi connectivity index (χ0) is 30.4. The summed E-state index contributed by atoms with van der Waals surface area (Å²) in [5.74, 6) is -1.25. The van der Waals surface area contributed by atoms with Crippen molar-refractivity contribution in [2.75, 3.05) is 25.1 Å². The normalized spacial score (nSPS) is 17.2. The molecule has 218 valence electrons. The molecule has 0 spiro atoms. The number of benzene rings is 2. The molecule has 2 aliphatic rings. The van der Waals surface area contributed by atoms with Crippen molar-refractivity contribution in [2.45, 2.75) is 12.5 Å². The van der Waals surface area contributed by atoms with Crippen LogP contribution in [0.1, 0.15) is 22.0 Å². The predicted molar refractivity (Wildman–Crippen MR) is 174 cm³/mol. The number of halogens is 6. The molecule has 0 saturated carbocycles. The summed E-state index contributed by atoms with van der Waals surface area (Å²) in [5.41, 5.74) is 1.70. The number of anilines is 1. The number of carbonyl (C=O) groups is 2. The average molecular weight is 742 g/mol. The third kappa shape index (κ3) is 6.74. The second-order valence-electron chi connectivity index (χ2n) is 8.60. The molecule has 0 aliphatic carbocycles. The predicted octanol–water partition coefficient (Wildman–Crippen LogP) is 7.62. The van der Waals surface area contributed by atoms with E-state index in [1.54, 1.807) is 12.1 Å². The molecule has 0 unspecified atom stereocenters. The first-order valence-corrected chi connectivity index (χ1v) is 16.0. The Kier molecular flexibility index (Phi) is 9.45. The summed E-state index contributed by atoms with van der Waals surface area (Å²) in [7, 11) is 1.91. The van der Waals surface area contributed by atoms with Crippen LogP contribution in [0, 0.1) is 0 Å². The monoisotopic (exact) mass is 739 g/mol. The molecule has 1 amide bonds. The van der Waals surface area contributed by atoms with Gasteiger partial charge < -0.3 is 9.64 Å². The summed E-state index contributed by atoms with van der Waals surface area (Å²) in [6.07, 6.45) is 0. The standard InChI is InChI=1S/C25H15Cl6N5O3S3/c1-35-14-4-2-3-5-15(14)41-19(35)16-18(37)36(23(40)42-16)10-11-39-20(38)13-8-6-12(7-9-13)17-32-21(24(26,27)28)34-22(33-17)25(29,30)31/h2-9H,10-11H2,1H3/b19-16-. The van der Waals surface area contributed by atoms with Gasteiger partial charge in [0.25, 0.3) is 5.91 Å². The first-order valence-electron chi connectivity index (χ1n) is 11.7. The van der Waals surface area contributed by atoms with E-state index in [1.807, 2.05) is 36.2 Å². The first-order chi connectivity index (χ1) is 19.7. The summed E-state index contributed by atoms with van der Waals surface area (Å²) < 4.78 is 1.81. The van der Waals surface area contributed by atoms with Crippen LogP contribution in [0.25, 0.3) is 11.4 Å². The van der Waals surface area contributed by atoms with Gasteiger partial charge in [0.2, 0.25) is 7.59 Å². The van der Waals surface area contributed by atoms with Gasteiger partial charge in [-0.25, -0.2) is 19.7 Å². The van der Waals surface area contributed by atoms with Gasteiger partial charge in [-0.05, 0) is 24.3 Å². The summed E-state index contributed by atoms with van der Waals surface area (Å²) >= 11 is 43.8. The molecule has 3 heterocycles. The minimum Gasteiger partial charge on any atom is -0.460 e. The van der Waals surface area contributed by atoms with Crippen LogP contribution in [0.15, 0.2) is 63.4 Å². The van der Waals surface area contributed by atoms with Crippen molar-refractivity contribution in [1.29, 1.82) is 0 Å². The molecule has 0 bridgehead atoms. The SMILES string of the molecule is CN1/C(=C2/SC(=S)N(CCOC(=O)c3ccc(-c4nc(C(Cl)(Cl)Cl)nc(C(Cl)(Cl)Cl)n4)cc3)C2=O)Sc2ccccc21. The van der Waals surface area contributed by atoms with Gasteiger partial charge >= 0.3 is 5.97 Å². The van der Waals surface area contributed by atoms with Gasteiger partial charge in [-0.15, -0.1) is 0 Å². The molecule has 17 heteroatoms. The van der Waals surface area contributed by atoms with Crippen LogP contribution in [0.4, 0.5) is 5.69 Å². The molecular formula is C25H15Cl6N5O3S3. The van der Waals surface area contributed by atoms with E-state index in [1.165, 1.54) is 40.6 Å². The number of hydrogen-bond donors (Lipinski definition) is 0. The molecule has 1 saturated heterocycles. The highest BCUT2D eigenvalue weighted by Gasteiger charge is 2.38. The highest BCUT2D eigenvalue weighted by Crippen LogP contribution is 2.49. The molecule has 3 aromatic rings. The maximum atomic E-state index is 13.2. The van der Waals surface area contributed by atoms with Gasteiger partial charge in [0.05, 0.1) is 22.8 Å². The zero-order valence-electron chi connectivity index (χ0n) is 21.0. The number of nitrogens with zero attached hydrogens (tertiary/aromatic N) is 5. The van der Waals surface area contributed by atoms with Gasteiger partial charge in [0, 0.05) is 17.5 Å². The molecular weight excluding hydrogens is 727 g/mol. The second-order valence-corrected chi connectivity index (χ2v) is 15.8. The number of hydrogen-bond acceptors (Lipinski definition) is 10. The maximum Gasteiger partial charge on any atom is 0.338 e. The number of thiocarbonyl (C=S) groups is 1. The quantitative estimate of drug-likeness (QED) is 0.113. The number of ether oxygens (including phenoxy) is 1. The average Bonchev–Trinajstić information content (AvgIpc) is 3.42. The van der Waals surface area contributed by atoms with E-state index < -0.39 is 13.6 Å². The molecule has 1 aromatic heterocycles. The Morgan fingerprint density at radius 3 is 2.14 bits per heavy atom. The molecule has 42 heavy (non-hydrogen) atoms. The number of carbonyl (C=O) groups excluding carboxylic acids is 2. The third-order valence-corrected chi connectivity index (χ3v) is 9.67. The van der Waals surface area contributed by atoms with E-state index in [0.29, 0.717) is 14.8 Å². The van der Waals surface area contributed by atoms with Crippen LogP contribution in [-0.4, -0.2) is 56.2 Å². The number of para-hydroxylation sites is 1. The van der Waals surface area contributed by atoms with Crippen molar-refractivity contribution in [2.24, 2.45) is 0 Å². The summed E-state index contributed by atoms with van der Waals surface area (Å²) in [5, 5.41) is 0.813. The Balaban J connectivity index is 1.24. The highest BCUT2D eigenvalue weighted by molar-refractivity contribution is 8.27. The number of esters is 1. The molecule has 0 atom stereocenters. The Morgan fingerprint density at radius 2 is 1.55 bits per heavy atom. The second kappa shape index (κ2) is 12.5. The Hall–Kier alpha value is -1.54. The largest absolute Gasteiger partial charge is 0.460 e. The van der Waals surface area contributed by atoms with E-state index in [9.17, 15) is 9.59 Å².